The summed E-state index contributed by atoms with van der Waals surface area (Å²) in [6, 6.07) is 14.3. The number of hydrogen-bond donors (Lipinski definition) is 0. The summed E-state index contributed by atoms with van der Waals surface area (Å²) in [5.41, 5.74) is 4.39. The fraction of sp³-hybridized carbons (Fsp3) is 0.217. The van der Waals surface area contributed by atoms with Gasteiger partial charge < -0.3 is 4.84 Å². The first-order valence-electron chi connectivity index (χ1n) is 9.92. The zero-order valence-electron chi connectivity index (χ0n) is 16.4. The number of aryl methyl sites for hydroxylation is 1. The molecule has 0 bridgehead atoms. The highest BCUT2D eigenvalue weighted by molar-refractivity contribution is 6.21. The molecule has 1 aliphatic heterocycles. The van der Waals surface area contributed by atoms with E-state index in [-0.39, 0.29) is 16.8 Å². The van der Waals surface area contributed by atoms with Gasteiger partial charge in [-0.2, -0.15) is 5.10 Å². The average Bonchev–Trinajstić information content (AvgIpc) is 3.27. The molecule has 0 atom stereocenters. The minimum absolute atomic E-state index is 0.154. The van der Waals surface area contributed by atoms with E-state index < -0.39 is 17.8 Å². The maximum atomic E-state index is 13.0. The van der Waals surface area contributed by atoms with Crippen LogP contribution in [0.3, 0.4) is 0 Å². The van der Waals surface area contributed by atoms with Crippen molar-refractivity contribution in [3.05, 3.63) is 82.2 Å². The quantitative estimate of drug-likeness (QED) is 0.628. The average molecular weight is 401 g/mol. The van der Waals surface area contributed by atoms with Gasteiger partial charge in [0.25, 0.3) is 11.8 Å². The molecule has 0 unspecified atom stereocenters. The number of imide groups is 1. The first-order valence-corrected chi connectivity index (χ1v) is 9.92. The van der Waals surface area contributed by atoms with E-state index in [2.05, 4.69) is 5.10 Å². The second kappa shape index (κ2) is 6.95. The number of amides is 2. The van der Waals surface area contributed by atoms with Crippen molar-refractivity contribution in [2.45, 2.75) is 32.6 Å². The second-order valence-corrected chi connectivity index (χ2v) is 7.56. The van der Waals surface area contributed by atoms with Crippen LogP contribution in [0, 0.1) is 6.92 Å². The topological polar surface area (TPSA) is 81.5 Å². The van der Waals surface area contributed by atoms with Crippen molar-refractivity contribution in [2.24, 2.45) is 0 Å². The van der Waals surface area contributed by atoms with Crippen molar-refractivity contribution < 1.29 is 19.2 Å². The summed E-state index contributed by atoms with van der Waals surface area (Å²) in [6.07, 6.45) is 3.46. The van der Waals surface area contributed by atoms with E-state index in [4.69, 9.17) is 4.84 Å². The summed E-state index contributed by atoms with van der Waals surface area (Å²) in [6.45, 7) is 2.01. The highest BCUT2D eigenvalue weighted by Crippen LogP contribution is 2.29. The number of benzene rings is 2. The predicted octanol–water partition coefficient (Wildman–Crippen LogP) is 3.43. The van der Waals surface area contributed by atoms with Crippen LogP contribution in [0.25, 0.3) is 5.69 Å². The Kier molecular flexibility index (Phi) is 4.24. The highest BCUT2D eigenvalue weighted by atomic mass is 16.7. The fourth-order valence-electron chi connectivity index (χ4n) is 4.04. The third-order valence-corrected chi connectivity index (χ3v) is 5.58. The number of fused-ring (bicyclic) bond motifs is 2. The van der Waals surface area contributed by atoms with E-state index in [1.165, 1.54) is 12.1 Å². The van der Waals surface area contributed by atoms with Gasteiger partial charge in [0.15, 0.2) is 5.69 Å². The van der Waals surface area contributed by atoms with Gasteiger partial charge in [0, 0.05) is 11.3 Å². The molecular formula is C23H19N3O4. The Balaban J connectivity index is 1.49. The summed E-state index contributed by atoms with van der Waals surface area (Å²) in [4.78, 5) is 43.3. The van der Waals surface area contributed by atoms with Crippen LogP contribution in [0.4, 0.5) is 0 Å². The smallest absolute Gasteiger partial charge is 0.322 e. The molecule has 0 saturated carbocycles. The zero-order chi connectivity index (χ0) is 20.8. The minimum atomic E-state index is -0.798. The van der Waals surface area contributed by atoms with Gasteiger partial charge in [-0.15, -0.1) is 0 Å². The van der Waals surface area contributed by atoms with E-state index in [0.717, 1.165) is 41.8 Å². The molecule has 0 N–H and O–H groups in total. The molecule has 0 spiro atoms. The highest BCUT2D eigenvalue weighted by Gasteiger charge is 2.40. The zero-order valence-corrected chi connectivity index (χ0v) is 16.4. The van der Waals surface area contributed by atoms with Crippen molar-refractivity contribution in [3.63, 3.8) is 0 Å². The van der Waals surface area contributed by atoms with Crippen molar-refractivity contribution in [1.29, 1.82) is 0 Å². The SMILES string of the molecule is Cc1ccc(-n2nc(C(=O)ON3C(=O)c4ccccc4C3=O)c3c2CCCC3)cc1. The monoisotopic (exact) mass is 401 g/mol. The summed E-state index contributed by atoms with van der Waals surface area (Å²) in [5.74, 6) is -2.08. The first-order chi connectivity index (χ1) is 14.5. The Labute approximate surface area is 172 Å². The second-order valence-electron chi connectivity index (χ2n) is 7.56. The molecule has 5 rings (SSSR count). The largest absolute Gasteiger partial charge is 0.384 e. The van der Waals surface area contributed by atoms with Crippen molar-refractivity contribution in [1.82, 2.24) is 14.8 Å². The Bertz CT molecular complexity index is 1160. The van der Waals surface area contributed by atoms with Crippen molar-refractivity contribution in [3.8, 4) is 5.69 Å². The van der Waals surface area contributed by atoms with E-state index in [9.17, 15) is 14.4 Å². The van der Waals surface area contributed by atoms with Gasteiger partial charge in [-0.25, -0.2) is 9.48 Å². The number of rotatable bonds is 3. The number of hydroxylamine groups is 2. The third kappa shape index (κ3) is 2.82. The summed E-state index contributed by atoms with van der Waals surface area (Å²) < 4.78 is 1.77. The standard InChI is InChI=1S/C23H19N3O4/c1-14-10-12-15(13-11-14)25-19-9-5-4-8-18(19)20(24-25)23(29)30-26-21(27)16-6-2-3-7-17(16)22(26)28/h2-3,6-7,10-13H,4-5,8-9H2,1H3. The predicted molar refractivity (Wildman–Crippen MR) is 107 cm³/mol. The van der Waals surface area contributed by atoms with Crippen LogP contribution in [0.2, 0.25) is 0 Å². The van der Waals surface area contributed by atoms with Crippen LogP contribution < -0.4 is 0 Å². The lowest BCUT2D eigenvalue weighted by Crippen LogP contribution is -2.33. The summed E-state index contributed by atoms with van der Waals surface area (Å²) in [5, 5.41) is 5.06. The van der Waals surface area contributed by atoms with Gasteiger partial charge in [0.1, 0.15) is 0 Å². The van der Waals surface area contributed by atoms with Gasteiger partial charge in [-0.05, 0) is 56.9 Å². The molecule has 7 heteroatoms. The molecule has 2 aromatic carbocycles. The van der Waals surface area contributed by atoms with Crippen LogP contribution in [0.1, 0.15) is 60.9 Å². The molecule has 0 radical (unpaired) electrons. The normalized spacial score (nSPS) is 15.2. The third-order valence-electron chi connectivity index (χ3n) is 5.58. The molecule has 30 heavy (non-hydrogen) atoms. The molecule has 0 saturated heterocycles. The van der Waals surface area contributed by atoms with Crippen LogP contribution in [0.5, 0.6) is 0 Å². The van der Waals surface area contributed by atoms with Gasteiger partial charge in [-0.3, -0.25) is 9.59 Å². The Hall–Kier alpha value is -3.74. The molecule has 2 amide bonds. The molecule has 1 aliphatic carbocycles. The van der Waals surface area contributed by atoms with Gasteiger partial charge in [0.2, 0.25) is 0 Å². The maximum Gasteiger partial charge on any atom is 0.384 e. The lowest BCUT2D eigenvalue weighted by molar-refractivity contribution is -0.0589. The number of carbonyl (C=O) groups excluding carboxylic acids is 3. The number of hydrogen-bond acceptors (Lipinski definition) is 5. The Morgan fingerprint density at radius 3 is 2.23 bits per heavy atom. The van der Waals surface area contributed by atoms with Crippen LogP contribution in [-0.4, -0.2) is 32.6 Å². The molecule has 150 valence electrons. The Morgan fingerprint density at radius 1 is 0.933 bits per heavy atom. The van der Waals surface area contributed by atoms with E-state index >= 15 is 0 Å². The molecule has 7 nitrogen and oxygen atoms in total. The molecule has 2 aliphatic rings. The van der Waals surface area contributed by atoms with Gasteiger partial charge in [-0.1, -0.05) is 34.9 Å². The van der Waals surface area contributed by atoms with Crippen LogP contribution in [-0.2, 0) is 17.7 Å². The number of aromatic nitrogens is 2. The van der Waals surface area contributed by atoms with Crippen molar-refractivity contribution >= 4 is 17.8 Å². The molecule has 3 aromatic rings. The minimum Gasteiger partial charge on any atom is -0.322 e. The fourth-order valence-corrected chi connectivity index (χ4v) is 4.04. The van der Waals surface area contributed by atoms with Gasteiger partial charge in [0.05, 0.1) is 16.8 Å². The van der Waals surface area contributed by atoms with Crippen molar-refractivity contribution in [2.75, 3.05) is 0 Å². The summed E-state index contributed by atoms with van der Waals surface area (Å²) >= 11 is 0. The van der Waals surface area contributed by atoms with Gasteiger partial charge >= 0.3 is 5.97 Å². The summed E-state index contributed by atoms with van der Waals surface area (Å²) in [7, 11) is 0. The lowest BCUT2D eigenvalue weighted by atomic mass is 9.95. The van der Waals surface area contributed by atoms with Crippen LogP contribution >= 0.6 is 0 Å². The lowest BCUT2D eigenvalue weighted by Gasteiger charge is -2.15. The molecule has 0 fully saturated rings. The Morgan fingerprint density at radius 2 is 1.57 bits per heavy atom. The van der Waals surface area contributed by atoms with E-state index in [0.29, 0.717) is 11.5 Å². The first kappa shape index (κ1) is 18.3. The van der Waals surface area contributed by atoms with E-state index in [1.54, 1.807) is 16.8 Å². The molecule has 1 aromatic heterocycles. The van der Waals surface area contributed by atoms with E-state index in [1.807, 2.05) is 31.2 Å². The molecular weight excluding hydrogens is 382 g/mol. The maximum absolute atomic E-state index is 13.0. The number of nitrogens with zero attached hydrogens (tertiary/aromatic N) is 3. The molecule has 2 heterocycles. The number of carbonyl (C=O) groups is 3. The van der Waals surface area contributed by atoms with Crippen LogP contribution in [0.15, 0.2) is 48.5 Å².